The molecule has 0 aliphatic heterocycles. The van der Waals surface area contributed by atoms with Crippen LogP contribution in [0, 0.1) is 0 Å². The van der Waals surface area contributed by atoms with Crippen molar-refractivity contribution in [1.82, 2.24) is 25.3 Å². The Hall–Kier alpha value is -3.06. The fourth-order valence-electron chi connectivity index (χ4n) is 2.57. The van der Waals surface area contributed by atoms with Crippen molar-refractivity contribution in [2.45, 2.75) is 6.42 Å². The van der Waals surface area contributed by atoms with E-state index in [-0.39, 0.29) is 11.9 Å². The van der Waals surface area contributed by atoms with E-state index in [9.17, 15) is 9.59 Å². The fraction of sp³-hybridized carbons (Fsp3) is 0.211. The molecular formula is C19H20ClN5O2. The molecule has 2 aromatic heterocycles. The van der Waals surface area contributed by atoms with Crippen molar-refractivity contribution >= 4 is 29.2 Å². The van der Waals surface area contributed by atoms with Gasteiger partial charge in [0.2, 0.25) is 0 Å². The molecule has 0 aliphatic rings. The summed E-state index contributed by atoms with van der Waals surface area (Å²) in [5.74, 6) is -0.269. The third-order valence-electron chi connectivity index (χ3n) is 3.90. The first-order valence-electron chi connectivity index (χ1n) is 8.60. The summed E-state index contributed by atoms with van der Waals surface area (Å²) in [5.41, 5.74) is 2.20. The van der Waals surface area contributed by atoms with Crippen molar-refractivity contribution in [3.63, 3.8) is 0 Å². The van der Waals surface area contributed by atoms with Crippen LogP contribution >= 0.6 is 11.6 Å². The van der Waals surface area contributed by atoms with Crippen LogP contribution in [0.25, 0.3) is 5.65 Å². The molecule has 0 bridgehead atoms. The van der Waals surface area contributed by atoms with Gasteiger partial charge in [-0.2, -0.15) is 0 Å². The van der Waals surface area contributed by atoms with Gasteiger partial charge in [-0.1, -0.05) is 29.8 Å². The van der Waals surface area contributed by atoms with Crippen molar-refractivity contribution in [2.24, 2.45) is 0 Å². The van der Waals surface area contributed by atoms with Crippen molar-refractivity contribution in [2.75, 3.05) is 19.6 Å². The minimum atomic E-state index is -0.286. The second-order valence-electron chi connectivity index (χ2n) is 5.87. The molecule has 0 atom stereocenters. The average molecular weight is 386 g/mol. The summed E-state index contributed by atoms with van der Waals surface area (Å²) in [4.78, 5) is 28.2. The first-order chi connectivity index (χ1) is 13.1. The molecule has 2 heterocycles. The number of hydrogen-bond donors (Lipinski definition) is 3. The predicted molar refractivity (Wildman–Crippen MR) is 104 cm³/mol. The second-order valence-corrected chi connectivity index (χ2v) is 6.27. The quantitative estimate of drug-likeness (QED) is 0.545. The molecule has 0 saturated heterocycles. The van der Waals surface area contributed by atoms with Crippen molar-refractivity contribution in [1.29, 1.82) is 0 Å². The molecule has 3 aromatic rings. The zero-order valence-corrected chi connectivity index (χ0v) is 15.4. The van der Waals surface area contributed by atoms with Crippen LogP contribution in [0.15, 0.2) is 54.9 Å². The van der Waals surface area contributed by atoms with Crippen LogP contribution < -0.4 is 16.0 Å². The minimum absolute atomic E-state index is 0.269. The number of nitrogens with zero attached hydrogens (tertiary/aromatic N) is 2. The van der Waals surface area contributed by atoms with Crippen LogP contribution in [0.5, 0.6) is 0 Å². The summed E-state index contributed by atoms with van der Waals surface area (Å²) in [6, 6.07) is 12.3. The Morgan fingerprint density at radius 2 is 1.70 bits per heavy atom. The first kappa shape index (κ1) is 18.7. The number of benzene rings is 1. The predicted octanol–water partition coefficient (Wildman–Crippen LogP) is 2.26. The lowest BCUT2D eigenvalue weighted by molar-refractivity contribution is 0.0954. The number of urea groups is 1. The highest BCUT2D eigenvalue weighted by Gasteiger charge is 2.08. The van der Waals surface area contributed by atoms with Gasteiger partial charge < -0.3 is 20.4 Å². The number of fused-ring (bicyclic) bond motifs is 1. The van der Waals surface area contributed by atoms with Gasteiger partial charge in [0.05, 0.1) is 16.3 Å². The normalized spacial score (nSPS) is 10.6. The van der Waals surface area contributed by atoms with Crippen LogP contribution in [-0.4, -0.2) is 41.0 Å². The molecule has 1 aromatic carbocycles. The van der Waals surface area contributed by atoms with E-state index in [0.717, 1.165) is 11.3 Å². The number of carbonyl (C=O) groups is 2. The van der Waals surface area contributed by atoms with Crippen molar-refractivity contribution < 1.29 is 9.59 Å². The molecule has 0 aliphatic carbocycles. The second kappa shape index (κ2) is 9.05. The molecular weight excluding hydrogens is 366 g/mol. The first-order valence-corrected chi connectivity index (χ1v) is 8.98. The molecule has 27 heavy (non-hydrogen) atoms. The third-order valence-corrected chi connectivity index (χ3v) is 4.22. The largest absolute Gasteiger partial charge is 0.350 e. The monoisotopic (exact) mass is 385 g/mol. The van der Waals surface area contributed by atoms with Crippen LogP contribution in [0.3, 0.4) is 0 Å². The van der Waals surface area contributed by atoms with Gasteiger partial charge in [0.25, 0.3) is 5.91 Å². The van der Waals surface area contributed by atoms with Gasteiger partial charge in [-0.3, -0.25) is 4.79 Å². The Morgan fingerprint density at radius 3 is 2.52 bits per heavy atom. The Labute approximate surface area is 161 Å². The lowest BCUT2D eigenvalue weighted by atomic mass is 10.2. The van der Waals surface area contributed by atoms with E-state index < -0.39 is 0 Å². The summed E-state index contributed by atoms with van der Waals surface area (Å²) in [5, 5.41) is 8.57. The highest BCUT2D eigenvalue weighted by molar-refractivity contribution is 6.33. The standard InChI is InChI=1S/C19H20ClN5O2/c20-16-6-2-1-5-15(16)18(26)21-10-11-23-19(27)22-9-8-14-13-25-12-4-3-7-17(25)24-14/h1-7,12-13H,8-11H2,(H,21,26)(H2,22,23,27). The third kappa shape index (κ3) is 5.21. The number of carbonyl (C=O) groups excluding carboxylic acids is 2. The molecule has 7 nitrogen and oxygen atoms in total. The SMILES string of the molecule is O=C(NCCNC(=O)c1ccccc1Cl)NCCc1cn2ccccc2n1. The van der Waals surface area contributed by atoms with Gasteiger partial charge in [0.15, 0.2) is 0 Å². The van der Waals surface area contributed by atoms with E-state index in [1.165, 1.54) is 0 Å². The molecule has 3 rings (SSSR count). The summed E-state index contributed by atoms with van der Waals surface area (Å²) >= 11 is 5.97. The number of halogens is 1. The maximum absolute atomic E-state index is 12.0. The minimum Gasteiger partial charge on any atom is -0.350 e. The highest BCUT2D eigenvalue weighted by atomic mass is 35.5. The molecule has 140 valence electrons. The summed E-state index contributed by atoms with van der Waals surface area (Å²) in [6.07, 6.45) is 4.51. The molecule has 3 amide bonds. The van der Waals surface area contributed by atoms with E-state index in [2.05, 4.69) is 20.9 Å². The smallest absolute Gasteiger partial charge is 0.314 e. The zero-order chi connectivity index (χ0) is 19.1. The molecule has 0 spiro atoms. The van der Waals surface area contributed by atoms with Gasteiger partial charge in [0.1, 0.15) is 5.65 Å². The molecule has 3 N–H and O–H groups in total. The number of imidazole rings is 1. The van der Waals surface area contributed by atoms with Crippen LogP contribution in [0.1, 0.15) is 16.1 Å². The van der Waals surface area contributed by atoms with Crippen LogP contribution in [0.4, 0.5) is 4.79 Å². The van der Waals surface area contributed by atoms with Crippen molar-refractivity contribution in [3.05, 3.63) is 71.1 Å². The number of amides is 3. The van der Waals surface area contributed by atoms with E-state index in [1.54, 1.807) is 24.3 Å². The van der Waals surface area contributed by atoms with E-state index in [1.807, 2.05) is 35.0 Å². The maximum Gasteiger partial charge on any atom is 0.314 e. The Kier molecular flexibility index (Phi) is 6.27. The van der Waals surface area contributed by atoms with Gasteiger partial charge in [0, 0.05) is 38.4 Å². The van der Waals surface area contributed by atoms with Gasteiger partial charge >= 0.3 is 6.03 Å². The Morgan fingerprint density at radius 1 is 0.963 bits per heavy atom. The van der Waals surface area contributed by atoms with Gasteiger partial charge in [-0.25, -0.2) is 9.78 Å². The van der Waals surface area contributed by atoms with Crippen LogP contribution in [0.2, 0.25) is 5.02 Å². The van der Waals surface area contributed by atoms with Crippen molar-refractivity contribution in [3.8, 4) is 0 Å². The zero-order valence-electron chi connectivity index (χ0n) is 14.6. The summed E-state index contributed by atoms with van der Waals surface area (Å²) < 4.78 is 1.94. The number of aromatic nitrogens is 2. The van der Waals surface area contributed by atoms with Gasteiger partial charge in [-0.05, 0) is 24.3 Å². The number of hydrogen-bond acceptors (Lipinski definition) is 3. The summed E-state index contributed by atoms with van der Waals surface area (Å²) in [7, 11) is 0. The van der Waals surface area contributed by atoms with E-state index in [0.29, 0.717) is 36.6 Å². The van der Waals surface area contributed by atoms with Gasteiger partial charge in [-0.15, -0.1) is 0 Å². The van der Waals surface area contributed by atoms with E-state index >= 15 is 0 Å². The topological polar surface area (TPSA) is 87.5 Å². The number of rotatable bonds is 7. The molecule has 0 unspecified atom stereocenters. The van der Waals surface area contributed by atoms with Crippen LogP contribution in [-0.2, 0) is 6.42 Å². The number of pyridine rings is 1. The fourth-order valence-corrected chi connectivity index (χ4v) is 2.79. The lowest BCUT2D eigenvalue weighted by Crippen LogP contribution is -2.41. The molecule has 8 heteroatoms. The maximum atomic E-state index is 12.0. The highest BCUT2D eigenvalue weighted by Crippen LogP contribution is 2.14. The Bertz CT molecular complexity index is 908. The molecule has 0 saturated carbocycles. The average Bonchev–Trinajstić information content (AvgIpc) is 3.08. The molecule has 0 fully saturated rings. The molecule has 0 radical (unpaired) electrons. The number of nitrogens with one attached hydrogen (secondary N) is 3. The Balaban J connectivity index is 1.33. The summed E-state index contributed by atoms with van der Waals surface area (Å²) in [6.45, 7) is 1.10. The van der Waals surface area contributed by atoms with E-state index in [4.69, 9.17) is 11.6 Å². The lowest BCUT2D eigenvalue weighted by Gasteiger charge is -2.09.